The number of amides is 3. The van der Waals surface area contributed by atoms with Gasteiger partial charge in [-0.25, -0.2) is 29.3 Å². The van der Waals surface area contributed by atoms with Crippen LogP contribution in [0.4, 0.5) is 15.4 Å². The first-order chi connectivity index (χ1) is 54.5. The Morgan fingerprint density at radius 2 is 0.626 bits per heavy atom. The summed E-state index contributed by atoms with van der Waals surface area (Å²) in [5, 5.41) is 43.3. The maximum atomic E-state index is 13.4. The fourth-order valence-electron chi connectivity index (χ4n) is 12.3. The topological polar surface area (TPSA) is 355 Å². The number of ether oxygens (including phenoxy) is 6. The van der Waals surface area contributed by atoms with Crippen LogP contribution in [0.2, 0.25) is 30.1 Å². The zero-order valence-electron chi connectivity index (χ0n) is 63.2. The number of carbonyl (C=O) groups is 10. The number of carboxylic acids is 1. The van der Waals surface area contributed by atoms with Crippen molar-refractivity contribution in [2.24, 2.45) is 0 Å². The third kappa shape index (κ3) is 18.7. The Morgan fingerprint density at radius 3 is 0.826 bits per heavy atom. The molecule has 3 aliphatic heterocycles. The lowest BCUT2D eigenvalue weighted by Crippen LogP contribution is -2.29. The molecule has 600 valence electrons. The number of hydrogen-bond donors (Lipinski definition) is 4. The molecule has 6 heterocycles. The number of ketones is 3. The van der Waals surface area contributed by atoms with Gasteiger partial charge in [0.25, 0.3) is 23.3 Å². The highest BCUT2D eigenvalue weighted by molar-refractivity contribution is 7.18. The minimum absolute atomic E-state index is 0.0867. The molecule has 6 aromatic carbocycles. The zero-order valence-corrected chi connectivity index (χ0v) is 70.2. The van der Waals surface area contributed by atoms with E-state index < -0.39 is 77.1 Å². The highest BCUT2D eigenvalue weighted by Gasteiger charge is 2.52. The summed E-state index contributed by atoms with van der Waals surface area (Å²) in [7, 11) is 4.57. The second kappa shape index (κ2) is 37.7. The minimum Gasteiger partial charge on any atom is -0.507 e. The molecule has 0 aliphatic carbocycles. The second-order valence-corrected chi connectivity index (χ2v) is 30.4. The number of aryl methyl sites for hydroxylation is 6. The van der Waals surface area contributed by atoms with Crippen molar-refractivity contribution in [3.05, 3.63) is 238 Å². The summed E-state index contributed by atoms with van der Waals surface area (Å²) in [6.07, 6.45) is 0. The van der Waals surface area contributed by atoms with Crippen LogP contribution < -0.4 is 28.9 Å². The zero-order chi connectivity index (χ0) is 84.6. The van der Waals surface area contributed by atoms with Gasteiger partial charge in [-0.05, 0) is 187 Å². The van der Waals surface area contributed by atoms with Gasteiger partial charge in [-0.15, -0.1) is 0 Å². The van der Waals surface area contributed by atoms with Gasteiger partial charge in [-0.3, -0.25) is 48.3 Å². The van der Waals surface area contributed by atoms with E-state index in [1.165, 1.54) is 39.5 Å². The molecular weight excluding hydrogens is 1670 g/mol. The lowest BCUT2D eigenvalue weighted by atomic mass is 9.95. The van der Waals surface area contributed by atoms with E-state index in [-0.39, 0.29) is 98.9 Å². The molecule has 3 saturated heterocycles. The largest absolute Gasteiger partial charge is 0.507 e. The van der Waals surface area contributed by atoms with Gasteiger partial charge in [-0.2, -0.15) is 0 Å². The predicted octanol–water partition coefficient (Wildman–Crippen LogP) is 17.7. The second-order valence-electron chi connectivity index (χ2n) is 25.0. The molecule has 26 nitrogen and oxygen atoms in total. The standard InChI is InChI=1S/3C26H22Cl2N2O6S.C2H4O2/c3*1-5-36-25(34)23-13(3)29-26(37-23)30-20(16-8-7-15(27)11-17(16)28)19(22(32)24(30)33)21(31)14-6-9-18(35-4)12(2)10-14;1-2(3)4/h3*6-11,20,31H,5H2,1-4H3;1H3,(H,3,4). The number of thiazole rings is 3. The smallest absolute Gasteiger partial charge is 0.350 e. The van der Waals surface area contributed by atoms with E-state index in [9.17, 15) is 58.5 Å². The molecular formula is C80H70Cl6N6O20S3. The number of halogens is 6. The number of esters is 3. The van der Waals surface area contributed by atoms with Crippen LogP contribution in [0, 0.1) is 41.5 Å². The summed E-state index contributed by atoms with van der Waals surface area (Å²) in [6, 6.07) is 25.1. The summed E-state index contributed by atoms with van der Waals surface area (Å²) < 4.78 is 31.1. The Bertz CT molecular complexity index is 5030. The summed E-state index contributed by atoms with van der Waals surface area (Å²) in [5.41, 5.74) is 4.64. The van der Waals surface area contributed by atoms with Crippen molar-refractivity contribution in [2.45, 2.75) is 87.4 Å². The molecule has 4 N–H and O–H groups in total. The molecule has 3 aromatic heterocycles. The molecule has 3 aliphatic rings. The van der Waals surface area contributed by atoms with Crippen molar-refractivity contribution in [1.82, 2.24) is 15.0 Å². The number of carboxylic acid groups (broad SMARTS) is 1. The fraction of sp³-hybridized carbons (Fsp3) is 0.237. The molecule has 3 unspecified atom stereocenters. The lowest BCUT2D eigenvalue weighted by Gasteiger charge is -2.24. The number of methoxy groups -OCH3 is 3. The van der Waals surface area contributed by atoms with E-state index in [0.29, 0.717) is 82.8 Å². The van der Waals surface area contributed by atoms with Gasteiger partial charge < -0.3 is 48.8 Å². The molecule has 3 atom stereocenters. The molecule has 0 radical (unpaired) electrons. The van der Waals surface area contributed by atoms with E-state index in [0.717, 1.165) is 72.3 Å². The number of rotatable bonds is 18. The van der Waals surface area contributed by atoms with E-state index in [4.69, 9.17) is 108 Å². The molecule has 3 amide bonds. The number of aliphatic hydroxyl groups excluding tert-OH is 3. The number of benzene rings is 6. The van der Waals surface area contributed by atoms with Gasteiger partial charge in [0.2, 0.25) is 0 Å². The van der Waals surface area contributed by atoms with Crippen molar-refractivity contribution >= 4 is 195 Å². The number of aliphatic hydroxyl groups is 3. The van der Waals surface area contributed by atoms with Crippen molar-refractivity contribution in [1.29, 1.82) is 0 Å². The quantitative estimate of drug-likeness (QED) is 0.0204. The summed E-state index contributed by atoms with van der Waals surface area (Å²) in [6.45, 7) is 16.8. The fourth-order valence-corrected chi connectivity index (χ4v) is 16.8. The average molecular weight is 1740 g/mol. The molecule has 0 bridgehead atoms. The summed E-state index contributed by atoms with van der Waals surface area (Å²) in [4.78, 5) is 144. The van der Waals surface area contributed by atoms with Crippen LogP contribution in [0.5, 0.6) is 17.2 Å². The lowest BCUT2D eigenvalue weighted by molar-refractivity contribution is -0.134. The third-order valence-corrected chi connectivity index (χ3v) is 22.6. The van der Waals surface area contributed by atoms with Crippen LogP contribution in [0.3, 0.4) is 0 Å². The van der Waals surface area contributed by atoms with Crippen molar-refractivity contribution in [3.63, 3.8) is 0 Å². The first kappa shape index (κ1) is 88.2. The summed E-state index contributed by atoms with van der Waals surface area (Å²) >= 11 is 40.6. The van der Waals surface area contributed by atoms with Crippen molar-refractivity contribution < 1.29 is 96.8 Å². The van der Waals surface area contributed by atoms with Gasteiger partial charge in [0.15, 0.2) is 15.4 Å². The van der Waals surface area contributed by atoms with Crippen LogP contribution in [0.15, 0.2) is 126 Å². The first-order valence-corrected chi connectivity index (χ1v) is 39.1. The Morgan fingerprint density at radius 1 is 0.391 bits per heavy atom. The Balaban J connectivity index is 0.000000193. The van der Waals surface area contributed by atoms with Crippen molar-refractivity contribution in [2.75, 3.05) is 55.8 Å². The van der Waals surface area contributed by atoms with Crippen molar-refractivity contribution in [3.8, 4) is 17.2 Å². The van der Waals surface area contributed by atoms with Gasteiger partial charge in [0.1, 0.15) is 49.2 Å². The number of carbonyl (C=O) groups excluding carboxylic acids is 9. The Labute approximate surface area is 700 Å². The van der Waals surface area contributed by atoms with E-state index in [2.05, 4.69) is 15.0 Å². The SMILES string of the molecule is CC(=O)O.CCOC(=O)c1sc(N2C(=O)C(=O)C(=C(O)c3ccc(OC)c(C)c3)C2c2ccc(Cl)cc2Cl)nc1C.CCOC(=O)c1sc(N2C(=O)C(=O)C(=C(O)c3ccc(OC)c(C)c3)C2c2ccc(Cl)cc2Cl)nc1C.CCOC(=O)c1sc(N2C(=O)C(=O)C(=C(O)c3ccc(OC)c(C)c3)C2c2ccc(Cl)cc2Cl)nc1C. The molecule has 115 heavy (non-hydrogen) atoms. The van der Waals surface area contributed by atoms with Crippen LogP contribution in [-0.4, -0.2) is 135 Å². The molecule has 0 spiro atoms. The molecule has 9 aromatic rings. The third-order valence-electron chi connectivity index (χ3n) is 17.5. The van der Waals surface area contributed by atoms with Crippen LogP contribution in [0.25, 0.3) is 17.3 Å². The normalized spacial score (nSPS) is 16.4. The Hall–Kier alpha value is -10.7. The number of Topliss-reactive ketones (excluding diaryl/α,β-unsaturated/α-hetero) is 3. The Kier molecular flexibility index (Phi) is 28.9. The maximum absolute atomic E-state index is 13.4. The molecule has 12 rings (SSSR count). The van der Waals surface area contributed by atoms with E-state index in [1.54, 1.807) is 153 Å². The minimum atomic E-state index is -1.13. The monoisotopic (exact) mass is 1740 g/mol. The molecule has 3 fully saturated rings. The van der Waals surface area contributed by atoms with Gasteiger partial charge in [0.05, 0.1) is 93.1 Å². The van der Waals surface area contributed by atoms with Crippen LogP contribution >= 0.6 is 104 Å². The van der Waals surface area contributed by atoms with Gasteiger partial charge in [0, 0.05) is 53.7 Å². The number of aliphatic carboxylic acids is 1. The maximum Gasteiger partial charge on any atom is 0.350 e. The van der Waals surface area contributed by atoms with E-state index >= 15 is 0 Å². The van der Waals surface area contributed by atoms with E-state index in [1.807, 2.05) is 0 Å². The highest BCUT2D eigenvalue weighted by Crippen LogP contribution is 2.51. The first-order valence-electron chi connectivity index (χ1n) is 34.3. The highest BCUT2D eigenvalue weighted by atomic mass is 35.5. The molecule has 0 saturated carbocycles. The number of anilines is 3. The van der Waals surface area contributed by atoms with Crippen LogP contribution in [0.1, 0.15) is 142 Å². The number of hydrogen-bond acceptors (Lipinski definition) is 25. The average Bonchev–Trinajstić information content (AvgIpc) is 1.60. The van der Waals surface area contributed by atoms with Gasteiger partial charge in [-0.1, -0.05) is 122 Å². The summed E-state index contributed by atoms with van der Waals surface area (Å²) in [5.74, 6) is -7.51. The van der Waals surface area contributed by atoms with Gasteiger partial charge >= 0.3 is 35.6 Å². The van der Waals surface area contributed by atoms with Crippen LogP contribution in [-0.2, 0) is 47.8 Å². The number of aromatic nitrogens is 3. The number of nitrogens with zero attached hydrogens (tertiary/aromatic N) is 6. The molecule has 35 heteroatoms. The predicted molar refractivity (Wildman–Crippen MR) is 439 cm³/mol.